The van der Waals surface area contributed by atoms with Gasteiger partial charge in [-0.2, -0.15) is 0 Å². The third-order valence-electron chi connectivity index (χ3n) is 4.65. The van der Waals surface area contributed by atoms with Crippen LogP contribution in [-0.4, -0.2) is 48.3 Å². The van der Waals surface area contributed by atoms with Gasteiger partial charge in [-0.25, -0.2) is 9.78 Å². The van der Waals surface area contributed by atoms with Crippen molar-refractivity contribution in [3.63, 3.8) is 0 Å². The van der Waals surface area contributed by atoms with E-state index in [1.807, 2.05) is 26.0 Å². The zero-order valence-electron chi connectivity index (χ0n) is 16.6. The average molecular weight is 400 g/mol. The summed E-state index contributed by atoms with van der Waals surface area (Å²) in [5.74, 6) is 0.251. The van der Waals surface area contributed by atoms with Crippen molar-refractivity contribution in [2.75, 3.05) is 30.4 Å². The molecule has 1 aliphatic heterocycles. The highest BCUT2D eigenvalue weighted by Crippen LogP contribution is 2.24. The minimum Gasteiger partial charge on any atom is -0.465 e. The highest BCUT2D eigenvalue weighted by Gasteiger charge is 2.23. The predicted molar refractivity (Wildman–Crippen MR) is 108 cm³/mol. The van der Waals surface area contributed by atoms with E-state index in [4.69, 9.17) is 9.47 Å². The van der Waals surface area contributed by atoms with Gasteiger partial charge in [0.2, 0.25) is 0 Å². The third kappa shape index (κ3) is 5.00. The van der Waals surface area contributed by atoms with E-state index < -0.39 is 10.9 Å². The number of non-ortho nitro benzene ring substituents is 1. The number of benzene rings is 1. The smallest absolute Gasteiger partial charge is 0.340 e. The molecule has 9 heteroatoms. The molecule has 1 saturated heterocycles. The lowest BCUT2D eigenvalue weighted by Crippen LogP contribution is -2.45. The van der Waals surface area contributed by atoms with Crippen LogP contribution in [0.4, 0.5) is 17.2 Å². The van der Waals surface area contributed by atoms with Crippen molar-refractivity contribution >= 4 is 23.2 Å². The van der Waals surface area contributed by atoms with Gasteiger partial charge in [0.15, 0.2) is 0 Å². The van der Waals surface area contributed by atoms with E-state index >= 15 is 0 Å². The molecule has 29 heavy (non-hydrogen) atoms. The van der Waals surface area contributed by atoms with Gasteiger partial charge in [-0.05, 0) is 31.5 Å². The molecule has 1 aliphatic rings. The molecule has 1 fully saturated rings. The van der Waals surface area contributed by atoms with Crippen LogP contribution in [0, 0.1) is 10.1 Å². The molecule has 1 aromatic heterocycles. The van der Waals surface area contributed by atoms with Crippen LogP contribution in [0.5, 0.6) is 0 Å². The number of aromatic nitrogens is 1. The Labute approximate surface area is 168 Å². The summed E-state index contributed by atoms with van der Waals surface area (Å²) in [5, 5.41) is 14.1. The van der Waals surface area contributed by atoms with Crippen molar-refractivity contribution in [1.29, 1.82) is 0 Å². The number of nitro groups is 1. The van der Waals surface area contributed by atoms with Crippen LogP contribution < -0.4 is 10.2 Å². The maximum atomic E-state index is 12.0. The number of anilines is 2. The Bertz CT molecular complexity index is 877. The first-order chi connectivity index (χ1) is 13.9. The molecular weight excluding hydrogens is 376 g/mol. The van der Waals surface area contributed by atoms with Gasteiger partial charge >= 0.3 is 5.97 Å². The van der Waals surface area contributed by atoms with Gasteiger partial charge in [-0.3, -0.25) is 10.1 Å². The standard InChI is InChI=1S/C20H24N4O5/c1-13-11-23(12-14(2)29-13)19-7-4-15(10-22-19)9-21-18-6-5-16(24(26)27)8-17(18)20(25)28-3/h4-8,10,13-14,21H,9,11-12H2,1-3H3. The second-order valence-electron chi connectivity index (χ2n) is 7.02. The molecule has 2 aromatic rings. The average Bonchev–Trinajstić information content (AvgIpc) is 2.71. The zero-order chi connectivity index (χ0) is 21.0. The number of morpholine rings is 1. The van der Waals surface area contributed by atoms with Gasteiger partial charge in [0.1, 0.15) is 5.82 Å². The summed E-state index contributed by atoms with van der Waals surface area (Å²) in [6, 6.07) is 7.97. The lowest BCUT2D eigenvalue weighted by Gasteiger charge is -2.36. The van der Waals surface area contributed by atoms with Gasteiger partial charge in [-0.1, -0.05) is 6.07 Å². The van der Waals surface area contributed by atoms with Gasteiger partial charge in [-0.15, -0.1) is 0 Å². The molecule has 9 nitrogen and oxygen atoms in total. The summed E-state index contributed by atoms with van der Waals surface area (Å²) in [6.07, 6.45) is 2.08. The fourth-order valence-corrected chi connectivity index (χ4v) is 3.35. The summed E-state index contributed by atoms with van der Waals surface area (Å²) < 4.78 is 10.5. The van der Waals surface area contributed by atoms with Crippen LogP contribution in [0.3, 0.4) is 0 Å². The number of esters is 1. The molecule has 0 amide bonds. The highest BCUT2D eigenvalue weighted by atomic mass is 16.6. The summed E-state index contributed by atoms with van der Waals surface area (Å²) in [6.45, 7) is 6.08. The van der Waals surface area contributed by atoms with Crippen molar-refractivity contribution in [1.82, 2.24) is 4.98 Å². The van der Waals surface area contributed by atoms with Crippen molar-refractivity contribution < 1.29 is 19.2 Å². The Balaban J connectivity index is 1.70. The number of methoxy groups -OCH3 is 1. The Morgan fingerprint density at radius 3 is 2.62 bits per heavy atom. The van der Waals surface area contributed by atoms with Crippen LogP contribution in [0.15, 0.2) is 36.5 Å². The Morgan fingerprint density at radius 2 is 2.03 bits per heavy atom. The molecule has 1 N–H and O–H groups in total. The maximum Gasteiger partial charge on any atom is 0.340 e. The van der Waals surface area contributed by atoms with Crippen LogP contribution >= 0.6 is 0 Å². The van der Waals surface area contributed by atoms with E-state index in [-0.39, 0.29) is 23.5 Å². The number of pyridine rings is 1. The van der Waals surface area contributed by atoms with Gasteiger partial charge < -0.3 is 19.7 Å². The number of carbonyl (C=O) groups excluding carboxylic acids is 1. The summed E-state index contributed by atoms with van der Waals surface area (Å²) in [5.41, 5.74) is 1.32. The van der Waals surface area contributed by atoms with E-state index in [0.29, 0.717) is 12.2 Å². The molecule has 2 heterocycles. The molecule has 2 atom stereocenters. The van der Waals surface area contributed by atoms with E-state index in [1.54, 1.807) is 6.20 Å². The Morgan fingerprint density at radius 1 is 1.31 bits per heavy atom. The molecule has 3 rings (SSSR count). The summed E-state index contributed by atoms with van der Waals surface area (Å²) in [4.78, 5) is 29.1. The largest absolute Gasteiger partial charge is 0.465 e. The quantitative estimate of drug-likeness (QED) is 0.448. The second kappa shape index (κ2) is 8.87. The topological polar surface area (TPSA) is 107 Å². The monoisotopic (exact) mass is 400 g/mol. The van der Waals surface area contributed by atoms with Crippen molar-refractivity contribution in [3.8, 4) is 0 Å². The number of hydrogen-bond donors (Lipinski definition) is 1. The molecule has 0 saturated carbocycles. The minimum atomic E-state index is -0.639. The summed E-state index contributed by atoms with van der Waals surface area (Å²) >= 11 is 0. The zero-order valence-corrected chi connectivity index (χ0v) is 16.6. The first-order valence-electron chi connectivity index (χ1n) is 9.33. The Kier molecular flexibility index (Phi) is 6.28. The van der Waals surface area contributed by atoms with Crippen molar-refractivity contribution in [2.45, 2.75) is 32.6 Å². The van der Waals surface area contributed by atoms with Crippen LogP contribution in [-0.2, 0) is 16.0 Å². The molecule has 2 unspecified atom stereocenters. The highest BCUT2D eigenvalue weighted by molar-refractivity contribution is 5.96. The first kappa shape index (κ1) is 20.5. The number of rotatable bonds is 6. The second-order valence-corrected chi connectivity index (χ2v) is 7.02. The van der Waals surface area contributed by atoms with Gasteiger partial charge in [0.25, 0.3) is 5.69 Å². The molecule has 154 valence electrons. The molecular formula is C20H24N4O5. The van der Waals surface area contributed by atoms with Crippen LogP contribution in [0.2, 0.25) is 0 Å². The number of nitrogens with one attached hydrogen (secondary N) is 1. The molecule has 0 spiro atoms. The third-order valence-corrected chi connectivity index (χ3v) is 4.65. The Hall–Kier alpha value is -3.20. The minimum absolute atomic E-state index is 0.113. The van der Waals surface area contributed by atoms with Crippen LogP contribution in [0.1, 0.15) is 29.8 Å². The fraction of sp³-hybridized carbons (Fsp3) is 0.400. The summed E-state index contributed by atoms with van der Waals surface area (Å²) in [7, 11) is 1.24. The normalized spacial score (nSPS) is 18.9. The predicted octanol–water partition coefficient (Wildman–Crippen LogP) is 3.00. The molecule has 0 radical (unpaired) electrons. The van der Waals surface area contributed by atoms with Crippen LogP contribution in [0.25, 0.3) is 0 Å². The SMILES string of the molecule is COC(=O)c1cc([N+](=O)[O-])ccc1NCc1ccc(N2CC(C)OC(C)C2)nc1. The molecule has 0 aliphatic carbocycles. The number of hydrogen-bond acceptors (Lipinski definition) is 8. The van der Waals surface area contributed by atoms with Gasteiger partial charge in [0.05, 0.1) is 29.8 Å². The van der Waals surface area contributed by atoms with E-state index in [9.17, 15) is 14.9 Å². The molecule has 1 aromatic carbocycles. The van der Waals surface area contributed by atoms with Crippen molar-refractivity contribution in [3.05, 3.63) is 57.8 Å². The number of ether oxygens (including phenoxy) is 2. The number of carbonyl (C=O) groups is 1. The molecule has 0 bridgehead atoms. The fourth-order valence-electron chi connectivity index (χ4n) is 3.35. The lowest BCUT2D eigenvalue weighted by atomic mass is 10.1. The number of nitrogens with zero attached hydrogens (tertiary/aromatic N) is 3. The van der Waals surface area contributed by atoms with E-state index in [1.165, 1.54) is 25.3 Å². The first-order valence-corrected chi connectivity index (χ1v) is 9.33. The van der Waals surface area contributed by atoms with E-state index in [0.717, 1.165) is 24.5 Å². The van der Waals surface area contributed by atoms with E-state index in [2.05, 4.69) is 15.2 Å². The van der Waals surface area contributed by atoms with Gasteiger partial charge in [0, 0.05) is 43.7 Å². The maximum absolute atomic E-state index is 12.0. The number of nitro benzene ring substituents is 1. The van der Waals surface area contributed by atoms with Crippen molar-refractivity contribution in [2.24, 2.45) is 0 Å². The lowest BCUT2D eigenvalue weighted by molar-refractivity contribution is -0.384.